The zero-order chi connectivity index (χ0) is 12.1. The lowest BCUT2D eigenvalue weighted by Gasteiger charge is -2.23. The molecule has 2 amide bonds. The maximum absolute atomic E-state index is 11.7. The Morgan fingerprint density at radius 2 is 2.00 bits per heavy atom. The van der Waals surface area contributed by atoms with Crippen LogP contribution in [0.5, 0.6) is 0 Å². The monoisotopic (exact) mass is 253 g/mol. The minimum absolute atomic E-state index is 0.190. The molecule has 0 unspecified atom stereocenters. The summed E-state index contributed by atoms with van der Waals surface area (Å²) in [6.07, 6.45) is 1.94. The van der Waals surface area contributed by atoms with Crippen molar-refractivity contribution in [3.8, 4) is 0 Å². The van der Waals surface area contributed by atoms with Crippen LogP contribution >= 0.6 is 11.6 Å². The fraction of sp³-hybridized carbons (Fsp3) is 0.417. The van der Waals surface area contributed by atoms with Crippen LogP contribution in [0.2, 0.25) is 5.02 Å². The predicted octanol–water partition coefficient (Wildman–Crippen LogP) is 2.21. The number of carbonyl (C=O) groups is 1. The van der Waals surface area contributed by atoms with Crippen LogP contribution in [0.4, 0.5) is 10.5 Å². The number of halogens is 1. The maximum atomic E-state index is 11.7. The standard InChI is InChI=1S/C12H16ClN3O/c13-10-3-1-2-4-11(10)16-12(17)15-9-5-7-14-8-6-9/h1-4,9,14H,5-8H2,(H2,15,16,17). The van der Waals surface area contributed by atoms with Crippen molar-refractivity contribution in [2.75, 3.05) is 18.4 Å². The zero-order valence-electron chi connectivity index (χ0n) is 9.50. The van der Waals surface area contributed by atoms with E-state index < -0.39 is 0 Å². The molecule has 1 aromatic carbocycles. The van der Waals surface area contributed by atoms with E-state index in [2.05, 4.69) is 16.0 Å². The zero-order valence-corrected chi connectivity index (χ0v) is 10.3. The first-order valence-electron chi connectivity index (χ1n) is 5.78. The van der Waals surface area contributed by atoms with Gasteiger partial charge in [0.1, 0.15) is 0 Å². The van der Waals surface area contributed by atoms with Crippen molar-refractivity contribution in [2.24, 2.45) is 0 Å². The average Bonchev–Trinajstić information content (AvgIpc) is 2.33. The molecule has 4 nitrogen and oxygen atoms in total. The highest BCUT2D eigenvalue weighted by Crippen LogP contribution is 2.20. The first kappa shape index (κ1) is 12.2. The van der Waals surface area contributed by atoms with E-state index in [4.69, 9.17) is 11.6 Å². The van der Waals surface area contributed by atoms with E-state index in [9.17, 15) is 4.79 Å². The van der Waals surface area contributed by atoms with Gasteiger partial charge < -0.3 is 16.0 Å². The Hall–Kier alpha value is -1.26. The number of anilines is 1. The summed E-state index contributed by atoms with van der Waals surface area (Å²) in [7, 11) is 0. The van der Waals surface area contributed by atoms with Gasteiger partial charge >= 0.3 is 6.03 Å². The third-order valence-electron chi connectivity index (χ3n) is 2.80. The van der Waals surface area contributed by atoms with E-state index in [0.717, 1.165) is 25.9 Å². The van der Waals surface area contributed by atoms with Gasteiger partial charge in [-0.05, 0) is 38.1 Å². The molecule has 0 bridgehead atoms. The first-order chi connectivity index (χ1) is 8.25. The molecule has 17 heavy (non-hydrogen) atoms. The lowest BCUT2D eigenvalue weighted by Crippen LogP contribution is -2.44. The lowest BCUT2D eigenvalue weighted by molar-refractivity contribution is 0.245. The molecule has 1 heterocycles. The molecule has 92 valence electrons. The Bertz CT molecular complexity index is 391. The summed E-state index contributed by atoms with van der Waals surface area (Å²) in [5, 5.41) is 9.50. The number of benzene rings is 1. The molecule has 0 saturated carbocycles. The largest absolute Gasteiger partial charge is 0.335 e. The average molecular weight is 254 g/mol. The molecule has 0 aromatic heterocycles. The van der Waals surface area contributed by atoms with Gasteiger partial charge in [-0.15, -0.1) is 0 Å². The van der Waals surface area contributed by atoms with Crippen LogP contribution in [-0.4, -0.2) is 25.2 Å². The normalized spacial score (nSPS) is 16.5. The summed E-state index contributed by atoms with van der Waals surface area (Å²) in [6.45, 7) is 1.91. The number of hydrogen-bond donors (Lipinski definition) is 3. The van der Waals surface area contributed by atoms with Crippen molar-refractivity contribution in [3.05, 3.63) is 29.3 Å². The molecule has 1 aliphatic rings. The number of amides is 2. The second-order valence-corrected chi connectivity index (χ2v) is 4.51. The first-order valence-corrected chi connectivity index (χ1v) is 6.16. The van der Waals surface area contributed by atoms with Crippen molar-refractivity contribution in [1.82, 2.24) is 10.6 Å². The van der Waals surface area contributed by atoms with E-state index in [0.29, 0.717) is 10.7 Å². The quantitative estimate of drug-likeness (QED) is 0.757. The van der Waals surface area contributed by atoms with Crippen LogP contribution in [0.25, 0.3) is 0 Å². The Morgan fingerprint density at radius 1 is 1.29 bits per heavy atom. The summed E-state index contributed by atoms with van der Waals surface area (Å²) in [6, 6.07) is 7.26. The van der Waals surface area contributed by atoms with Crippen LogP contribution in [-0.2, 0) is 0 Å². The Labute approximate surface area is 106 Å². The molecule has 5 heteroatoms. The smallest absolute Gasteiger partial charge is 0.319 e. The number of urea groups is 1. The van der Waals surface area contributed by atoms with Gasteiger partial charge in [0.25, 0.3) is 0 Å². The molecule has 0 aliphatic carbocycles. The summed E-state index contributed by atoms with van der Waals surface area (Å²) in [5.41, 5.74) is 0.639. The van der Waals surface area contributed by atoms with Crippen molar-refractivity contribution in [2.45, 2.75) is 18.9 Å². The van der Waals surface area contributed by atoms with Crippen molar-refractivity contribution in [3.63, 3.8) is 0 Å². The van der Waals surface area contributed by atoms with E-state index >= 15 is 0 Å². The molecule has 3 N–H and O–H groups in total. The minimum Gasteiger partial charge on any atom is -0.335 e. The Balaban J connectivity index is 1.86. The van der Waals surface area contributed by atoms with Gasteiger partial charge in [-0.3, -0.25) is 0 Å². The number of nitrogens with one attached hydrogen (secondary N) is 3. The fourth-order valence-corrected chi connectivity index (χ4v) is 2.06. The molecule has 0 atom stereocenters. The molecule has 1 aliphatic heterocycles. The highest BCUT2D eigenvalue weighted by molar-refractivity contribution is 6.33. The number of para-hydroxylation sites is 1. The number of piperidine rings is 1. The van der Waals surface area contributed by atoms with E-state index in [1.807, 2.05) is 12.1 Å². The van der Waals surface area contributed by atoms with Gasteiger partial charge in [-0.25, -0.2) is 4.79 Å². The van der Waals surface area contributed by atoms with Crippen molar-refractivity contribution in [1.29, 1.82) is 0 Å². The van der Waals surface area contributed by atoms with Gasteiger partial charge in [0.05, 0.1) is 10.7 Å². The molecule has 0 radical (unpaired) electrons. The van der Waals surface area contributed by atoms with Gasteiger partial charge in [-0.2, -0.15) is 0 Å². The topological polar surface area (TPSA) is 53.2 Å². The second kappa shape index (κ2) is 5.89. The molecule has 1 fully saturated rings. The van der Waals surface area contributed by atoms with Crippen LogP contribution in [0.1, 0.15) is 12.8 Å². The van der Waals surface area contributed by atoms with Crippen LogP contribution in [0.15, 0.2) is 24.3 Å². The minimum atomic E-state index is -0.190. The molecule has 0 spiro atoms. The number of rotatable bonds is 2. The second-order valence-electron chi connectivity index (χ2n) is 4.10. The van der Waals surface area contributed by atoms with E-state index in [1.54, 1.807) is 12.1 Å². The van der Waals surface area contributed by atoms with Crippen molar-refractivity contribution < 1.29 is 4.79 Å². The number of carbonyl (C=O) groups excluding carboxylic acids is 1. The predicted molar refractivity (Wildman–Crippen MR) is 69.5 cm³/mol. The van der Waals surface area contributed by atoms with E-state index in [-0.39, 0.29) is 12.1 Å². The van der Waals surface area contributed by atoms with Gasteiger partial charge in [-0.1, -0.05) is 23.7 Å². The Kier molecular flexibility index (Phi) is 4.23. The van der Waals surface area contributed by atoms with Gasteiger partial charge in [0.15, 0.2) is 0 Å². The third kappa shape index (κ3) is 3.61. The SMILES string of the molecule is O=C(Nc1ccccc1Cl)NC1CCNCC1. The lowest BCUT2D eigenvalue weighted by atomic mass is 10.1. The molecular weight excluding hydrogens is 238 g/mol. The van der Waals surface area contributed by atoms with Gasteiger partial charge in [0, 0.05) is 6.04 Å². The summed E-state index contributed by atoms with van der Waals surface area (Å²) in [4.78, 5) is 11.7. The maximum Gasteiger partial charge on any atom is 0.319 e. The molecular formula is C12H16ClN3O. The molecule has 1 aromatic rings. The van der Waals surface area contributed by atoms with Gasteiger partial charge in [0.2, 0.25) is 0 Å². The van der Waals surface area contributed by atoms with Crippen LogP contribution < -0.4 is 16.0 Å². The van der Waals surface area contributed by atoms with E-state index in [1.165, 1.54) is 0 Å². The summed E-state index contributed by atoms with van der Waals surface area (Å²) in [5.74, 6) is 0. The van der Waals surface area contributed by atoms with Crippen molar-refractivity contribution >= 4 is 23.3 Å². The summed E-state index contributed by atoms with van der Waals surface area (Å²) >= 11 is 5.96. The third-order valence-corrected chi connectivity index (χ3v) is 3.13. The number of hydrogen-bond acceptors (Lipinski definition) is 2. The Morgan fingerprint density at radius 3 is 2.71 bits per heavy atom. The fourth-order valence-electron chi connectivity index (χ4n) is 1.87. The highest BCUT2D eigenvalue weighted by atomic mass is 35.5. The molecule has 2 rings (SSSR count). The highest BCUT2D eigenvalue weighted by Gasteiger charge is 2.15. The molecule has 1 saturated heterocycles. The van der Waals surface area contributed by atoms with Crippen LogP contribution in [0, 0.1) is 0 Å². The summed E-state index contributed by atoms with van der Waals surface area (Å²) < 4.78 is 0. The van der Waals surface area contributed by atoms with Crippen LogP contribution in [0.3, 0.4) is 0 Å².